The van der Waals surface area contributed by atoms with Crippen LogP contribution in [0.3, 0.4) is 0 Å². The van der Waals surface area contributed by atoms with Gasteiger partial charge in [-0.15, -0.1) is 0 Å². The number of hydrazine groups is 1. The van der Waals surface area contributed by atoms with Crippen LogP contribution in [0.15, 0.2) is 54.9 Å². The number of benzene rings is 2. The van der Waals surface area contributed by atoms with Crippen molar-refractivity contribution in [3.63, 3.8) is 0 Å². The van der Waals surface area contributed by atoms with E-state index in [0.29, 0.717) is 16.8 Å². The summed E-state index contributed by atoms with van der Waals surface area (Å²) in [6.07, 6.45) is 0.929. The minimum absolute atomic E-state index is 0.111. The molecule has 14 nitrogen and oxygen atoms in total. The molecule has 0 radical (unpaired) electrons. The number of carbonyl (C=O) groups is 2. The lowest BCUT2D eigenvalue weighted by atomic mass is 10.1. The van der Waals surface area contributed by atoms with Crippen LogP contribution >= 0.6 is 0 Å². The van der Waals surface area contributed by atoms with Gasteiger partial charge >= 0.3 is 11.7 Å². The first-order chi connectivity index (χ1) is 17.6. The number of rotatable bonds is 11. The predicted octanol–water partition coefficient (Wildman–Crippen LogP) is 3.54. The van der Waals surface area contributed by atoms with E-state index in [1.165, 1.54) is 48.5 Å². The Balaban J connectivity index is 1.67. The van der Waals surface area contributed by atoms with Crippen molar-refractivity contribution in [1.82, 2.24) is 15.4 Å². The van der Waals surface area contributed by atoms with Gasteiger partial charge < -0.3 is 10.1 Å². The maximum atomic E-state index is 12.3. The fourth-order valence-electron chi connectivity index (χ4n) is 2.98. The number of nitrogens with one attached hydrogen (secondary N) is 3. The number of hydrogen-bond acceptors (Lipinski definition) is 11. The average molecular weight is 509 g/mol. The molecule has 0 aliphatic heterocycles. The molecular formula is C23H23N7O7. The lowest BCUT2D eigenvalue weighted by Crippen LogP contribution is -2.31. The van der Waals surface area contributed by atoms with E-state index >= 15 is 0 Å². The molecule has 0 unspecified atom stereocenters. The summed E-state index contributed by atoms with van der Waals surface area (Å²) >= 11 is 0. The molecule has 1 amide bonds. The van der Waals surface area contributed by atoms with Crippen molar-refractivity contribution in [1.29, 1.82) is 0 Å². The smallest absolute Gasteiger partial charge is 0.355 e. The minimum Gasteiger partial charge on any atom is -0.462 e. The highest BCUT2D eigenvalue weighted by Crippen LogP contribution is 2.30. The molecule has 14 heteroatoms. The number of anilines is 3. The van der Waals surface area contributed by atoms with E-state index in [-0.39, 0.29) is 36.3 Å². The minimum atomic E-state index is -0.717. The van der Waals surface area contributed by atoms with Crippen LogP contribution in [0.4, 0.5) is 28.7 Å². The van der Waals surface area contributed by atoms with Gasteiger partial charge in [0.15, 0.2) is 0 Å². The molecule has 192 valence electrons. The highest BCUT2D eigenvalue weighted by molar-refractivity contribution is 5.90. The summed E-state index contributed by atoms with van der Waals surface area (Å²) in [5, 5.41) is 25.3. The molecule has 37 heavy (non-hydrogen) atoms. The summed E-state index contributed by atoms with van der Waals surface area (Å²) in [4.78, 5) is 53.3. The summed E-state index contributed by atoms with van der Waals surface area (Å²) in [7, 11) is 0. The normalized spacial score (nSPS) is 10.5. The molecule has 0 saturated heterocycles. The Morgan fingerprint density at radius 1 is 0.946 bits per heavy atom. The molecule has 3 aromatic rings. The second kappa shape index (κ2) is 12.0. The van der Waals surface area contributed by atoms with Crippen molar-refractivity contribution >= 4 is 40.6 Å². The van der Waals surface area contributed by atoms with Gasteiger partial charge in [0.25, 0.3) is 5.69 Å². The Morgan fingerprint density at radius 2 is 1.59 bits per heavy atom. The average Bonchev–Trinajstić information content (AvgIpc) is 2.86. The summed E-state index contributed by atoms with van der Waals surface area (Å²) in [6.45, 7) is 4.12. The van der Waals surface area contributed by atoms with E-state index in [1.807, 2.05) is 13.8 Å². The fourth-order valence-corrected chi connectivity index (χ4v) is 2.98. The topological polar surface area (TPSA) is 192 Å². The first kappa shape index (κ1) is 26.5. The maximum Gasteiger partial charge on any atom is 0.355 e. The zero-order valence-corrected chi connectivity index (χ0v) is 19.8. The van der Waals surface area contributed by atoms with E-state index < -0.39 is 27.4 Å². The highest BCUT2D eigenvalue weighted by atomic mass is 16.6. The molecule has 3 N–H and O–H groups in total. The molecule has 0 aliphatic carbocycles. The Morgan fingerprint density at radius 3 is 2.19 bits per heavy atom. The number of amides is 1. The number of aromatic nitrogens is 2. The number of carbonyl (C=O) groups excluding carboxylic acids is 2. The summed E-state index contributed by atoms with van der Waals surface area (Å²) < 4.78 is 5.17. The highest BCUT2D eigenvalue weighted by Gasteiger charge is 2.24. The number of esters is 1. The van der Waals surface area contributed by atoms with Crippen LogP contribution < -0.4 is 16.2 Å². The van der Waals surface area contributed by atoms with Gasteiger partial charge in [-0.1, -0.05) is 26.0 Å². The molecule has 0 atom stereocenters. The summed E-state index contributed by atoms with van der Waals surface area (Å²) in [6, 6.07) is 11.5. The third-order valence-electron chi connectivity index (χ3n) is 4.77. The Hall–Kier alpha value is -5.14. The van der Waals surface area contributed by atoms with Gasteiger partial charge in [0, 0.05) is 17.8 Å². The first-order valence-corrected chi connectivity index (χ1v) is 11.0. The van der Waals surface area contributed by atoms with Crippen molar-refractivity contribution < 1.29 is 24.2 Å². The third kappa shape index (κ3) is 7.42. The van der Waals surface area contributed by atoms with Crippen LogP contribution in [0.5, 0.6) is 0 Å². The van der Waals surface area contributed by atoms with E-state index in [1.54, 1.807) is 0 Å². The molecule has 2 aromatic carbocycles. The second-order valence-corrected chi connectivity index (χ2v) is 8.14. The van der Waals surface area contributed by atoms with Crippen molar-refractivity contribution in [2.24, 2.45) is 5.92 Å². The number of nitro groups is 2. The van der Waals surface area contributed by atoms with Gasteiger partial charge in [0.05, 0.1) is 28.4 Å². The van der Waals surface area contributed by atoms with Crippen LogP contribution in [-0.4, -0.2) is 38.3 Å². The molecule has 1 aromatic heterocycles. The Kier molecular flexibility index (Phi) is 8.59. The van der Waals surface area contributed by atoms with Crippen molar-refractivity contribution in [2.75, 3.05) is 17.3 Å². The van der Waals surface area contributed by atoms with E-state index in [0.717, 1.165) is 6.33 Å². The number of nitrogens with zero attached hydrogens (tertiary/aromatic N) is 4. The SMILES string of the molecule is CC(C)COC(=O)c1ccc(Nc2ncnc(NNC(=O)Cc3ccc([N+](=O)[O-])cc3)c2[N+](=O)[O-])cc1. The number of nitro benzene ring substituents is 1. The van der Waals surface area contributed by atoms with Gasteiger partial charge in [-0.05, 0) is 35.7 Å². The lowest BCUT2D eigenvalue weighted by Gasteiger charge is -2.11. The van der Waals surface area contributed by atoms with E-state index in [9.17, 15) is 29.8 Å². The standard InChI is InChI=1S/C23H23N7O7/c1-14(2)12-37-23(32)16-5-7-17(8-6-16)26-21-20(30(35)36)22(25-13-24-21)28-27-19(31)11-15-3-9-18(10-4-15)29(33)34/h3-10,13-14H,11-12H2,1-2H3,(H,27,31)(H2,24,25,26,28). The van der Waals surface area contributed by atoms with Crippen LogP contribution in [0.1, 0.15) is 29.8 Å². The zero-order chi connectivity index (χ0) is 26.9. The van der Waals surface area contributed by atoms with Gasteiger partial charge in [-0.3, -0.25) is 35.9 Å². The molecular weight excluding hydrogens is 486 g/mol. The van der Waals surface area contributed by atoms with Crippen LogP contribution in [-0.2, 0) is 16.0 Å². The van der Waals surface area contributed by atoms with Crippen LogP contribution in [0, 0.1) is 26.1 Å². The number of hydrogen-bond donors (Lipinski definition) is 3. The monoisotopic (exact) mass is 509 g/mol. The predicted molar refractivity (Wildman–Crippen MR) is 132 cm³/mol. The largest absolute Gasteiger partial charge is 0.462 e. The van der Waals surface area contributed by atoms with Crippen molar-refractivity contribution in [3.8, 4) is 0 Å². The van der Waals surface area contributed by atoms with Crippen LogP contribution in [0.25, 0.3) is 0 Å². The third-order valence-corrected chi connectivity index (χ3v) is 4.77. The molecule has 0 aliphatic rings. The molecule has 0 saturated carbocycles. The quantitative estimate of drug-likeness (QED) is 0.194. The van der Waals surface area contributed by atoms with Crippen molar-refractivity contribution in [2.45, 2.75) is 20.3 Å². The second-order valence-electron chi connectivity index (χ2n) is 8.14. The number of non-ortho nitro benzene ring substituents is 1. The molecule has 0 bridgehead atoms. The van der Waals surface area contributed by atoms with Crippen molar-refractivity contribution in [3.05, 3.63) is 86.2 Å². The molecule has 1 heterocycles. The summed E-state index contributed by atoms with van der Waals surface area (Å²) in [5.74, 6) is -1.27. The molecule has 0 spiro atoms. The fraction of sp³-hybridized carbons (Fsp3) is 0.217. The first-order valence-electron chi connectivity index (χ1n) is 11.0. The molecule has 3 rings (SSSR count). The van der Waals surface area contributed by atoms with E-state index in [4.69, 9.17) is 4.74 Å². The van der Waals surface area contributed by atoms with Gasteiger partial charge in [-0.2, -0.15) is 0 Å². The molecule has 0 fully saturated rings. The lowest BCUT2D eigenvalue weighted by molar-refractivity contribution is -0.384. The van der Waals surface area contributed by atoms with Gasteiger partial charge in [0.1, 0.15) is 6.33 Å². The maximum absolute atomic E-state index is 12.3. The van der Waals surface area contributed by atoms with Gasteiger partial charge in [-0.25, -0.2) is 14.8 Å². The van der Waals surface area contributed by atoms with Gasteiger partial charge in [0.2, 0.25) is 17.5 Å². The number of ether oxygens (including phenoxy) is 1. The zero-order valence-electron chi connectivity index (χ0n) is 19.8. The summed E-state index contributed by atoms with van der Waals surface area (Å²) in [5.41, 5.74) is 5.32. The van der Waals surface area contributed by atoms with E-state index in [2.05, 4.69) is 26.1 Å². The Bertz CT molecular complexity index is 1300. The van der Waals surface area contributed by atoms with Crippen LogP contribution in [0.2, 0.25) is 0 Å². The Labute approximate surface area is 210 Å².